The summed E-state index contributed by atoms with van der Waals surface area (Å²) in [5.41, 5.74) is 1.22. The molecule has 0 amide bonds. The molecule has 1 aromatic heterocycles. The highest BCUT2D eigenvalue weighted by Crippen LogP contribution is 2.24. The van der Waals surface area contributed by atoms with E-state index < -0.39 is 0 Å². The van der Waals surface area contributed by atoms with E-state index in [1.807, 2.05) is 0 Å². The first-order valence-corrected chi connectivity index (χ1v) is 7.90. The fourth-order valence-electron chi connectivity index (χ4n) is 3.59. The van der Waals surface area contributed by atoms with E-state index in [2.05, 4.69) is 26.7 Å². The summed E-state index contributed by atoms with van der Waals surface area (Å²) < 4.78 is 5.85. The highest BCUT2D eigenvalue weighted by molar-refractivity contribution is 5.15. The number of aromatic nitrogens is 1. The Balaban J connectivity index is 1.26. The summed E-state index contributed by atoms with van der Waals surface area (Å²) in [5, 5.41) is 0. The minimum absolute atomic E-state index is 0.755. The number of rotatable bonds is 3. The quantitative estimate of drug-likeness (QED) is 0.808. The van der Waals surface area contributed by atoms with E-state index in [1.165, 1.54) is 51.4 Å². The van der Waals surface area contributed by atoms with Crippen molar-refractivity contribution in [3.63, 3.8) is 0 Å². The molecule has 0 N–H and O–H groups in total. The maximum Gasteiger partial charge on any atom is 0.208 e. The van der Waals surface area contributed by atoms with Crippen LogP contribution in [0.1, 0.15) is 23.8 Å². The molecule has 0 unspecified atom stereocenters. The number of hydrogen-bond acceptors (Lipinski definition) is 5. The van der Waals surface area contributed by atoms with Gasteiger partial charge in [-0.15, -0.1) is 0 Å². The van der Waals surface area contributed by atoms with Crippen LogP contribution in [0, 0.1) is 0 Å². The number of hydrogen-bond donors (Lipinski definition) is 0. The summed E-state index contributed by atoms with van der Waals surface area (Å²) in [4.78, 5) is 12.2. The van der Waals surface area contributed by atoms with Crippen LogP contribution in [-0.2, 0) is 19.4 Å². The van der Waals surface area contributed by atoms with Crippen LogP contribution in [0.15, 0.2) is 4.42 Å². The van der Waals surface area contributed by atoms with Gasteiger partial charge in [-0.3, -0.25) is 9.80 Å². The molecule has 5 nitrogen and oxygen atoms in total. The molecule has 0 atom stereocenters. The van der Waals surface area contributed by atoms with Gasteiger partial charge in [-0.2, -0.15) is 0 Å². The second kappa shape index (κ2) is 5.13. The van der Waals surface area contributed by atoms with Crippen LogP contribution in [0.4, 0.5) is 0 Å². The van der Waals surface area contributed by atoms with Crippen molar-refractivity contribution in [1.82, 2.24) is 19.7 Å². The zero-order valence-corrected chi connectivity index (χ0v) is 12.3. The molecule has 0 radical (unpaired) electrons. The van der Waals surface area contributed by atoms with Gasteiger partial charge in [0, 0.05) is 51.7 Å². The predicted molar refractivity (Wildman–Crippen MR) is 76.7 cm³/mol. The lowest BCUT2D eigenvalue weighted by Gasteiger charge is -2.47. The normalized spacial score (nSPS) is 25.9. The number of oxazole rings is 1. The molecule has 4 rings (SSSR count). The van der Waals surface area contributed by atoms with E-state index in [9.17, 15) is 0 Å². The molecule has 0 aromatic carbocycles. The maximum atomic E-state index is 5.85. The standard InChI is InChI=1S/C15H24N4O/c1-17-5-7-19(8-6-17)12-9-18(10-12)11-15-16-13-3-2-4-14(13)20-15/h12H,2-11H2,1H3. The summed E-state index contributed by atoms with van der Waals surface area (Å²) in [6.07, 6.45) is 3.42. The fraction of sp³-hybridized carbons (Fsp3) is 0.800. The molecule has 5 heteroatoms. The fourth-order valence-corrected chi connectivity index (χ4v) is 3.59. The Hall–Kier alpha value is -0.910. The van der Waals surface area contributed by atoms with E-state index in [4.69, 9.17) is 4.42 Å². The Labute approximate surface area is 120 Å². The molecule has 2 aliphatic heterocycles. The van der Waals surface area contributed by atoms with Crippen molar-refractivity contribution in [2.24, 2.45) is 0 Å². The van der Waals surface area contributed by atoms with Gasteiger partial charge in [0.2, 0.25) is 5.89 Å². The molecule has 3 heterocycles. The van der Waals surface area contributed by atoms with Crippen molar-refractivity contribution in [1.29, 1.82) is 0 Å². The van der Waals surface area contributed by atoms with Crippen molar-refractivity contribution in [3.05, 3.63) is 17.3 Å². The van der Waals surface area contributed by atoms with Gasteiger partial charge in [0.25, 0.3) is 0 Å². The molecule has 3 aliphatic rings. The summed E-state index contributed by atoms with van der Waals surface area (Å²) in [7, 11) is 2.21. The summed E-state index contributed by atoms with van der Waals surface area (Å²) in [6, 6.07) is 0.755. The zero-order valence-electron chi connectivity index (χ0n) is 12.3. The van der Waals surface area contributed by atoms with Crippen molar-refractivity contribution < 1.29 is 4.42 Å². The van der Waals surface area contributed by atoms with Crippen molar-refractivity contribution >= 4 is 0 Å². The lowest BCUT2D eigenvalue weighted by atomic mass is 10.1. The maximum absolute atomic E-state index is 5.85. The highest BCUT2D eigenvalue weighted by atomic mass is 16.4. The van der Waals surface area contributed by atoms with E-state index in [0.29, 0.717) is 0 Å². The van der Waals surface area contributed by atoms with Crippen molar-refractivity contribution in [2.45, 2.75) is 31.8 Å². The molecule has 1 aromatic rings. The van der Waals surface area contributed by atoms with E-state index in [1.54, 1.807) is 0 Å². The van der Waals surface area contributed by atoms with Gasteiger partial charge < -0.3 is 9.32 Å². The van der Waals surface area contributed by atoms with Crippen LogP contribution in [0.25, 0.3) is 0 Å². The number of fused-ring (bicyclic) bond motifs is 1. The zero-order chi connectivity index (χ0) is 13.5. The predicted octanol–water partition coefficient (Wildman–Crippen LogP) is 0.595. The van der Waals surface area contributed by atoms with Gasteiger partial charge in [0.05, 0.1) is 12.2 Å². The van der Waals surface area contributed by atoms with E-state index >= 15 is 0 Å². The smallest absolute Gasteiger partial charge is 0.208 e. The van der Waals surface area contributed by atoms with Crippen LogP contribution >= 0.6 is 0 Å². The number of likely N-dealkylation sites (N-methyl/N-ethyl adjacent to an activating group) is 1. The monoisotopic (exact) mass is 276 g/mol. The molecule has 110 valence electrons. The molecule has 0 saturated carbocycles. The Morgan fingerprint density at radius 1 is 1.15 bits per heavy atom. The Kier molecular flexibility index (Phi) is 3.28. The minimum atomic E-state index is 0.755. The first-order valence-electron chi connectivity index (χ1n) is 7.90. The van der Waals surface area contributed by atoms with Crippen LogP contribution in [0.5, 0.6) is 0 Å². The number of nitrogens with zero attached hydrogens (tertiary/aromatic N) is 4. The molecular weight excluding hydrogens is 252 g/mol. The number of piperazine rings is 1. The molecule has 0 bridgehead atoms. The second-order valence-electron chi connectivity index (χ2n) is 6.52. The molecule has 1 aliphatic carbocycles. The van der Waals surface area contributed by atoms with Gasteiger partial charge in [-0.25, -0.2) is 4.98 Å². The van der Waals surface area contributed by atoms with Gasteiger partial charge in [-0.05, 0) is 19.9 Å². The summed E-state index contributed by atoms with van der Waals surface area (Å²) >= 11 is 0. The lowest BCUT2D eigenvalue weighted by molar-refractivity contribution is 0.00158. The average Bonchev–Trinajstić information content (AvgIpc) is 2.95. The molecule has 2 fully saturated rings. The molecule has 2 saturated heterocycles. The van der Waals surface area contributed by atoms with Crippen molar-refractivity contribution in [2.75, 3.05) is 46.3 Å². The second-order valence-corrected chi connectivity index (χ2v) is 6.52. The van der Waals surface area contributed by atoms with Gasteiger partial charge in [-0.1, -0.05) is 0 Å². The first kappa shape index (κ1) is 12.8. The average molecular weight is 276 g/mol. The van der Waals surface area contributed by atoms with Crippen LogP contribution in [0.2, 0.25) is 0 Å². The minimum Gasteiger partial charge on any atom is -0.444 e. The Morgan fingerprint density at radius 2 is 1.95 bits per heavy atom. The van der Waals surface area contributed by atoms with E-state index in [0.717, 1.165) is 37.1 Å². The first-order chi connectivity index (χ1) is 9.78. The van der Waals surface area contributed by atoms with Crippen LogP contribution < -0.4 is 0 Å². The Morgan fingerprint density at radius 3 is 2.70 bits per heavy atom. The molecular formula is C15H24N4O. The summed E-state index contributed by atoms with van der Waals surface area (Å²) in [6.45, 7) is 8.13. The molecule has 0 spiro atoms. The van der Waals surface area contributed by atoms with E-state index in [-0.39, 0.29) is 0 Å². The largest absolute Gasteiger partial charge is 0.444 e. The topological polar surface area (TPSA) is 35.8 Å². The van der Waals surface area contributed by atoms with Crippen LogP contribution in [0.3, 0.4) is 0 Å². The third-order valence-electron chi connectivity index (χ3n) is 4.99. The summed E-state index contributed by atoms with van der Waals surface area (Å²) in [5.74, 6) is 2.09. The van der Waals surface area contributed by atoms with Gasteiger partial charge in [0.15, 0.2) is 0 Å². The third-order valence-corrected chi connectivity index (χ3v) is 4.99. The SMILES string of the molecule is CN1CCN(C2CN(Cc3nc4c(o3)CCC4)C2)CC1. The lowest BCUT2D eigenvalue weighted by Crippen LogP contribution is -2.62. The highest BCUT2D eigenvalue weighted by Gasteiger charge is 2.33. The Bertz CT molecular complexity index is 451. The number of aryl methyl sites for hydroxylation is 2. The third kappa shape index (κ3) is 2.38. The van der Waals surface area contributed by atoms with Crippen LogP contribution in [-0.4, -0.2) is 72.0 Å². The van der Waals surface area contributed by atoms with Gasteiger partial charge in [0.1, 0.15) is 5.76 Å². The van der Waals surface area contributed by atoms with Crippen molar-refractivity contribution in [3.8, 4) is 0 Å². The molecule has 20 heavy (non-hydrogen) atoms. The van der Waals surface area contributed by atoms with Gasteiger partial charge >= 0.3 is 0 Å². The number of likely N-dealkylation sites (tertiary alicyclic amines) is 1.